The summed E-state index contributed by atoms with van der Waals surface area (Å²) in [5, 5.41) is 1.59. The molecule has 0 spiro atoms. The molecule has 1 N–H and O–H groups in total. The number of H-pyrrole nitrogens is 1. The molecular weight excluding hydrogens is 469 g/mol. The summed E-state index contributed by atoms with van der Waals surface area (Å²) in [6.45, 7) is 5.30. The first-order valence-electron chi connectivity index (χ1n) is 10.4. The van der Waals surface area contributed by atoms with Gasteiger partial charge in [0.05, 0.1) is 12.6 Å². The summed E-state index contributed by atoms with van der Waals surface area (Å²) in [6, 6.07) is 9.37. The number of hydrogen-bond acceptors (Lipinski definition) is 2. The molecule has 1 aromatic heterocycles. The molecular formula is C24H26BrF3N2O. The number of nitrogens with zero attached hydrogens (tertiary/aromatic N) is 1. The molecule has 0 saturated carbocycles. The first-order chi connectivity index (χ1) is 14.7. The second-order valence-corrected chi connectivity index (χ2v) is 9.54. The van der Waals surface area contributed by atoms with Gasteiger partial charge in [-0.25, -0.2) is 13.2 Å². The van der Waals surface area contributed by atoms with Crippen molar-refractivity contribution in [1.29, 1.82) is 0 Å². The van der Waals surface area contributed by atoms with Gasteiger partial charge in [0, 0.05) is 52.2 Å². The quantitative estimate of drug-likeness (QED) is 0.407. The summed E-state index contributed by atoms with van der Waals surface area (Å²) in [5.41, 5.74) is 1.04. The SMILES string of the molecule is C[C@@H]1Cc2c([nH]c3ccccc23)[C@@H](c2c(F)cc(OCCBr)cc2F)N1CC(C)(C)F. The Labute approximate surface area is 188 Å². The van der Waals surface area contributed by atoms with Gasteiger partial charge in [-0.3, -0.25) is 4.90 Å². The maximum atomic E-state index is 15.3. The van der Waals surface area contributed by atoms with Crippen LogP contribution >= 0.6 is 15.9 Å². The Morgan fingerprint density at radius 1 is 1.19 bits per heavy atom. The summed E-state index contributed by atoms with van der Waals surface area (Å²) < 4.78 is 50.8. The minimum absolute atomic E-state index is 0.0500. The topological polar surface area (TPSA) is 28.3 Å². The number of hydrogen-bond donors (Lipinski definition) is 1. The van der Waals surface area contributed by atoms with E-state index in [1.807, 2.05) is 36.1 Å². The average molecular weight is 495 g/mol. The molecule has 0 radical (unpaired) electrons. The highest BCUT2D eigenvalue weighted by Gasteiger charge is 2.41. The van der Waals surface area contributed by atoms with Crippen LogP contribution in [0.3, 0.4) is 0 Å². The molecule has 1 aliphatic heterocycles. The Hall–Kier alpha value is -1.99. The predicted octanol–water partition coefficient (Wildman–Crippen LogP) is 6.30. The number of ether oxygens (including phenoxy) is 1. The Morgan fingerprint density at radius 2 is 1.87 bits per heavy atom. The number of aromatic nitrogens is 1. The lowest BCUT2D eigenvalue weighted by Crippen LogP contribution is -2.48. The Morgan fingerprint density at radius 3 is 2.52 bits per heavy atom. The Balaban J connectivity index is 1.90. The summed E-state index contributed by atoms with van der Waals surface area (Å²) >= 11 is 3.24. The molecule has 1 aliphatic rings. The molecule has 0 unspecified atom stereocenters. The fraction of sp³-hybridized carbons (Fsp3) is 0.417. The molecule has 2 atom stereocenters. The van der Waals surface area contributed by atoms with Crippen LogP contribution in [0.4, 0.5) is 13.2 Å². The summed E-state index contributed by atoms with van der Waals surface area (Å²) in [4.78, 5) is 5.23. The monoisotopic (exact) mass is 494 g/mol. The van der Waals surface area contributed by atoms with Crippen molar-refractivity contribution in [3.63, 3.8) is 0 Å². The van der Waals surface area contributed by atoms with Crippen molar-refractivity contribution in [2.75, 3.05) is 18.5 Å². The maximum Gasteiger partial charge on any atom is 0.135 e. The highest BCUT2D eigenvalue weighted by atomic mass is 79.9. The molecule has 7 heteroatoms. The number of aromatic amines is 1. The van der Waals surface area contributed by atoms with Gasteiger partial charge in [-0.2, -0.15) is 0 Å². The standard InChI is InChI=1S/C24H26BrF3N2O/c1-14-10-17-16-6-4-5-7-20(16)29-22(17)23(30(14)13-24(2,3)28)21-18(26)11-15(12-19(21)27)31-9-8-25/h4-7,11-12,14,23,29H,8-10,13H2,1-3H3/t14-,23-/m1/s1. The van der Waals surface area contributed by atoms with Crippen LogP contribution < -0.4 is 4.74 Å². The molecule has 4 rings (SSSR count). The van der Waals surface area contributed by atoms with Crippen LogP contribution in [-0.2, 0) is 6.42 Å². The van der Waals surface area contributed by atoms with Crippen LogP contribution in [0.15, 0.2) is 36.4 Å². The third-order valence-electron chi connectivity index (χ3n) is 5.75. The first-order valence-corrected chi connectivity index (χ1v) is 11.5. The zero-order chi connectivity index (χ0) is 22.3. The van der Waals surface area contributed by atoms with Gasteiger partial charge in [0.2, 0.25) is 0 Å². The number of nitrogens with one attached hydrogen (secondary N) is 1. The van der Waals surface area contributed by atoms with E-state index in [2.05, 4.69) is 20.9 Å². The second kappa shape index (κ2) is 8.51. The van der Waals surface area contributed by atoms with Crippen molar-refractivity contribution in [1.82, 2.24) is 9.88 Å². The lowest BCUT2D eigenvalue weighted by Gasteiger charge is -2.43. The number of alkyl halides is 2. The van der Waals surface area contributed by atoms with Gasteiger partial charge < -0.3 is 9.72 Å². The smallest absolute Gasteiger partial charge is 0.135 e. The molecule has 0 saturated heterocycles. The summed E-state index contributed by atoms with van der Waals surface area (Å²) in [6.07, 6.45) is 0.668. The number of rotatable bonds is 6. The van der Waals surface area contributed by atoms with Crippen molar-refractivity contribution >= 4 is 26.8 Å². The molecule has 3 aromatic rings. The molecule has 166 valence electrons. The normalized spacial score (nSPS) is 19.6. The predicted molar refractivity (Wildman–Crippen MR) is 121 cm³/mol. The molecule has 0 aliphatic carbocycles. The minimum Gasteiger partial charge on any atom is -0.493 e. The molecule has 2 aromatic carbocycles. The Bertz CT molecular complexity index is 1070. The lowest BCUT2D eigenvalue weighted by molar-refractivity contribution is 0.0642. The van der Waals surface area contributed by atoms with E-state index in [9.17, 15) is 4.39 Å². The van der Waals surface area contributed by atoms with Gasteiger partial charge in [0.25, 0.3) is 0 Å². The average Bonchev–Trinajstić information content (AvgIpc) is 3.05. The summed E-state index contributed by atoms with van der Waals surface area (Å²) in [7, 11) is 0. The van der Waals surface area contributed by atoms with Crippen molar-refractivity contribution in [3.8, 4) is 5.75 Å². The first kappa shape index (κ1) is 22.2. The maximum absolute atomic E-state index is 15.3. The van der Waals surface area contributed by atoms with E-state index >= 15 is 8.78 Å². The minimum atomic E-state index is -1.53. The van der Waals surface area contributed by atoms with Crippen molar-refractivity contribution < 1.29 is 17.9 Å². The van der Waals surface area contributed by atoms with E-state index in [1.54, 1.807) is 0 Å². The third kappa shape index (κ3) is 4.35. The molecule has 0 amide bonds. The van der Waals surface area contributed by atoms with E-state index in [1.165, 1.54) is 26.0 Å². The van der Waals surface area contributed by atoms with Crippen LogP contribution in [0, 0.1) is 11.6 Å². The van der Waals surface area contributed by atoms with E-state index in [4.69, 9.17) is 4.74 Å². The zero-order valence-corrected chi connectivity index (χ0v) is 19.4. The third-order valence-corrected chi connectivity index (χ3v) is 6.07. The van der Waals surface area contributed by atoms with Crippen LogP contribution in [0.5, 0.6) is 5.75 Å². The van der Waals surface area contributed by atoms with E-state index in [0.717, 1.165) is 22.2 Å². The van der Waals surface area contributed by atoms with Crippen molar-refractivity contribution in [3.05, 3.63) is 64.9 Å². The van der Waals surface area contributed by atoms with Crippen LogP contribution in [0.1, 0.15) is 43.6 Å². The molecule has 31 heavy (non-hydrogen) atoms. The van der Waals surface area contributed by atoms with E-state index in [0.29, 0.717) is 18.4 Å². The number of para-hydroxylation sites is 1. The fourth-order valence-corrected chi connectivity index (χ4v) is 4.72. The molecule has 2 heterocycles. The van der Waals surface area contributed by atoms with E-state index in [-0.39, 0.29) is 23.9 Å². The lowest BCUT2D eigenvalue weighted by atomic mass is 9.87. The van der Waals surface area contributed by atoms with Gasteiger partial charge in [0.15, 0.2) is 0 Å². The zero-order valence-electron chi connectivity index (χ0n) is 17.8. The van der Waals surface area contributed by atoms with E-state index < -0.39 is 23.3 Å². The highest BCUT2D eigenvalue weighted by molar-refractivity contribution is 9.09. The fourth-order valence-electron chi connectivity index (χ4n) is 4.56. The Kier molecular flexibility index (Phi) is 6.10. The van der Waals surface area contributed by atoms with Gasteiger partial charge in [-0.1, -0.05) is 34.1 Å². The van der Waals surface area contributed by atoms with Crippen LogP contribution in [-0.4, -0.2) is 40.1 Å². The van der Waals surface area contributed by atoms with Crippen molar-refractivity contribution in [2.45, 2.75) is 44.9 Å². The van der Waals surface area contributed by atoms with Gasteiger partial charge in [0.1, 0.15) is 23.1 Å². The molecule has 0 fully saturated rings. The number of halogens is 4. The van der Waals surface area contributed by atoms with Gasteiger partial charge >= 0.3 is 0 Å². The molecule has 3 nitrogen and oxygen atoms in total. The van der Waals surface area contributed by atoms with Crippen molar-refractivity contribution in [2.24, 2.45) is 0 Å². The second-order valence-electron chi connectivity index (χ2n) is 8.75. The largest absolute Gasteiger partial charge is 0.493 e. The number of fused-ring (bicyclic) bond motifs is 3. The van der Waals surface area contributed by atoms with Crippen LogP contribution in [0.25, 0.3) is 10.9 Å². The van der Waals surface area contributed by atoms with Crippen LogP contribution in [0.2, 0.25) is 0 Å². The number of benzene rings is 2. The highest BCUT2D eigenvalue weighted by Crippen LogP contribution is 2.43. The van der Waals surface area contributed by atoms with Gasteiger partial charge in [-0.15, -0.1) is 0 Å². The van der Waals surface area contributed by atoms with Gasteiger partial charge in [-0.05, 0) is 38.8 Å². The summed E-state index contributed by atoms with van der Waals surface area (Å²) in [5.74, 6) is -1.26. The molecule has 0 bridgehead atoms.